The van der Waals surface area contributed by atoms with Gasteiger partial charge in [0.1, 0.15) is 0 Å². The molecule has 0 aromatic heterocycles. The van der Waals surface area contributed by atoms with E-state index in [4.69, 9.17) is 0 Å². The maximum atomic E-state index is 13.2. The van der Waals surface area contributed by atoms with Crippen molar-refractivity contribution in [3.8, 4) is 0 Å². The van der Waals surface area contributed by atoms with E-state index in [2.05, 4.69) is 5.32 Å². The molecule has 0 saturated heterocycles. The second-order valence-electron chi connectivity index (χ2n) is 4.00. The van der Waals surface area contributed by atoms with Crippen molar-refractivity contribution in [1.82, 2.24) is 5.32 Å². The maximum absolute atomic E-state index is 13.2. The number of hydrogen-bond donors (Lipinski definition) is 3. The number of aliphatic hydroxyl groups is 1. The molecule has 3 N–H and O–H groups in total. The molecule has 0 aliphatic heterocycles. The van der Waals surface area contributed by atoms with E-state index in [-0.39, 0.29) is 6.54 Å². The van der Waals surface area contributed by atoms with Gasteiger partial charge >= 0.3 is 6.03 Å². The van der Waals surface area contributed by atoms with Crippen LogP contribution < -0.4 is 10.6 Å². The first kappa shape index (κ1) is 15.3. The average Bonchev–Trinajstić information content (AvgIpc) is 2.37. The molecule has 1 aromatic rings. The number of urea groups is 1. The number of benzene rings is 1. The first-order chi connectivity index (χ1) is 8.95. The summed E-state index contributed by atoms with van der Waals surface area (Å²) < 4.78 is 38.8. The van der Waals surface area contributed by atoms with Gasteiger partial charge in [-0.1, -0.05) is 13.3 Å². The molecule has 7 heteroatoms. The van der Waals surface area contributed by atoms with Crippen LogP contribution in [0.1, 0.15) is 19.8 Å². The fraction of sp³-hybridized carbons (Fsp3) is 0.417. The fourth-order valence-electron chi connectivity index (χ4n) is 1.43. The molecule has 4 nitrogen and oxygen atoms in total. The summed E-state index contributed by atoms with van der Waals surface area (Å²) in [4.78, 5) is 11.4. The van der Waals surface area contributed by atoms with Crippen molar-refractivity contribution in [2.75, 3.05) is 11.9 Å². The second-order valence-corrected chi connectivity index (χ2v) is 4.00. The van der Waals surface area contributed by atoms with Crippen molar-refractivity contribution in [3.05, 3.63) is 29.6 Å². The van der Waals surface area contributed by atoms with Gasteiger partial charge in [-0.3, -0.25) is 0 Å². The first-order valence-corrected chi connectivity index (χ1v) is 5.82. The smallest absolute Gasteiger partial charge is 0.319 e. The number of hydrogen-bond acceptors (Lipinski definition) is 2. The van der Waals surface area contributed by atoms with E-state index in [1.165, 1.54) is 0 Å². The molecule has 0 aliphatic rings. The van der Waals surface area contributed by atoms with Crippen LogP contribution in [0, 0.1) is 17.5 Å². The van der Waals surface area contributed by atoms with Crippen molar-refractivity contribution in [2.24, 2.45) is 0 Å². The molecule has 0 fully saturated rings. The van der Waals surface area contributed by atoms with E-state index >= 15 is 0 Å². The Morgan fingerprint density at radius 1 is 1.32 bits per heavy atom. The lowest BCUT2D eigenvalue weighted by molar-refractivity contribution is 0.162. The van der Waals surface area contributed by atoms with Crippen LogP contribution in [0.25, 0.3) is 0 Å². The van der Waals surface area contributed by atoms with Gasteiger partial charge in [0.05, 0.1) is 11.8 Å². The van der Waals surface area contributed by atoms with Gasteiger partial charge in [-0.2, -0.15) is 0 Å². The predicted molar refractivity (Wildman–Crippen MR) is 64.3 cm³/mol. The molecule has 1 unspecified atom stereocenters. The Morgan fingerprint density at radius 3 is 2.63 bits per heavy atom. The van der Waals surface area contributed by atoms with E-state index < -0.39 is 35.3 Å². The lowest BCUT2D eigenvalue weighted by Gasteiger charge is -2.12. The number of rotatable bonds is 5. The molecule has 0 aliphatic carbocycles. The summed E-state index contributed by atoms with van der Waals surface area (Å²) in [5, 5.41) is 13.7. The number of halogens is 3. The standard InChI is InChI=1S/C12H15F3N2O2/c1-2-3-7(18)6-16-12(19)17-9-5-4-8(13)10(14)11(9)15/h4-5,7,18H,2-3,6H2,1H3,(H2,16,17,19). The summed E-state index contributed by atoms with van der Waals surface area (Å²) in [7, 11) is 0. The van der Waals surface area contributed by atoms with Crippen LogP contribution in [0.4, 0.5) is 23.7 Å². The summed E-state index contributed by atoms with van der Waals surface area (Å²) in [5.74, 6) is -4.45. The highest BCUT2D eigenvalue weighted by atomic mass is 19.2. The van der Waals surface area contributed by atoms with Crippen molar-refractivity contribution < 1.29 is 23.1 Å². The average molecular weight is 276 g/mol. The quantitative estimate of drug-likeness (QED) is 0.723. The number of anilines is 1. The number of carbonyl (C=O) groups is 1. The van der Waals surface area contributed by atoms with Gasteiger partial charge in [0, 0.05) is 6.54 Å². The third-order valence-corrected chi connectivity index (χ3v) is 2.40. The predicted octanol–water partition coefficient (Wildman–Crippen LogP) is 2.39. The topological polar surface area (TPSA) is 61.4 Å². The maximum Gasteiger partial charge on any atom is 0.319 e. The zero-order valence-corrected chi connectivity index (χ0v) is 10.3. The molecule has 106 valence electrons. The summed E-state index contributed by atoms with van der Waals surface area (Å²) >= 11 is 0. The monoisotopic (exact) mass is 276 g/mol. The minimum absolute atomic E-state index is 0.00896. The highest BCUT2D eigenvalue weighted by Crippen LogP contribution is 2.19. The Labute approximate surface area is 108 Å². The van der Waals surface area contributed by atoms with Crippen LogP contribution in [0.3, 0.4) is 0 Å². The fourth-order valence-corrected chi connectivity index (χ4v) is 1.43. The van der Waals surface area contributed by atoms with Crippen LogP contribution in [-0.4, -0.2) is 23.8 Å². The Balaban J connectivity index is 2.56. The first-order valence-electron chi connectivity index (χ1n) is 5.82. The minimum atomic E-state index is -1.65. The molecule has 0 spiro atoms. The summed E-state index contributed by atoms with van der Waals surface area (Å²) in [6, 6.07) is 0.815. The van der Waals surface area contributed by atoms with Gasteiger partial charge in [-0.15, -0.1) is 0 Å². The number of carbonyl (C=O) groups excluding carboxylic acids is 1. The zero-order chi connectivity index (χ0) is 14.4. The highest BCUT2D eigenvalue weighted by molar-refractivity contribution is 5.89. The Hall–Kier alpha value is -1.76. The molecule has 19 heavy (non-hydrogen) atoms. The number of amides is 2. The molecule has 1 rings (SSSR count). The number of aliphatic hydroxyl groups excluding tert-OH is 1. The largest absolute Gasteiger partial charge is 0.391 e. The molecular weight excluding hydrogens is 261 g/mol. The van der Waals surface area contributed by atoms with E-state index in [1.54, 1.807) is 0 Å². The van der Waals surface area contributed by atoms with Crippen LogP contribution in [0.2, 0.25) is 0 Å². The van der Waals surface area contributed by atoms with Crippen LogP contribution >= 0.6 is 0 Å². The van der Waals surface area contributed by atoms with E-state index in [9.17, 15) is 23.1 Å². The van der Waals surface area contributed by atoms with Gasteiger partial charge in [0.2, 0.25) is 0 Å². The minimum Gasteiger partial charge on any atom is -0.391 e. The lowest BCUT2D eigenvalue weighted by Crippen LogP contribution is -2.35. The summed E-state index contributed by atoms with van der Waals surface area (Å²) in [5.41, 5.74) is -0.471. The molecule has 0 radical (unpaired) electrons. The Bertz CT molecular complexity index is 455. The highest BCUT2D eigenvalue weighted by Gasteiger charge is 2.15. The van der Waals surface area contributed by atoms with Crippen molar-refractivity contribution in [2.45, 2.75) is 25.9 Å². The normalized spacial score (nSPS) is 12.1. The molecule has 0 bridgehead atoms. The molecule has 1 aromatic carbocycles. The third-order valence-electron chi connectivity index (χ3n) is 2.40. The summed E-state index contributed by atoms with van der Waals surface area (Å²) in [6.45, 7) is 1.87. The van der Waals surface area contributed by atoms with E-state index in [0.29, 0.717) is 12.5 Å². The number of nitrogens with one attached hydrogen (secondary N) is 2. The van der Waals surface area contributed by atoms with Crippen molar-refractivity contribution in [1.29, 1.82) is 0 Å². The van der Waals surface area contributed by atoms with Crippen LogP contribution in [0.15, 0.2) is 12.1 Å². The summed E-state index contributed by atoms with van der Waals surface area (Å²) in [6.07, 6.45) is 0.563. The van der Waals surface area contributed by atoms with Crippen LogP contribution in [0.5, 0.6) is 0 Å². The van der Waals surface area contributed by atoms with Gasteiger partial charge in [0.15, 0.2) is 17.5 Å². The van der Waals surface area contributed by atoms with E-state index in [0.717, 1.165) is 12.5 Å². The molecule has 0 heterocycles. The lowest BCUT2D eigenvalue weighted by atomic mass is 10.2. The Kier molecular flexibility index (Phi) is 5.62. The molecule has 2 amide bonds. The van der Waals surface area contributed by atoms with Gasteiger partial charge < -0.3 is 15.7 Å². The zero-order valence-electron chi connectivity index (χ0n) is 10.3. The molecule has 1 atom stereocenters. The molecule has 0 saturated carbocycles. The van der Waals surface area contributed by atoms with Gasteiger partial charge in [0.25, 0.3) is 0 Å². The third kappa shape index (κ3) is 4.44. The van der Waals surface area contributed by atoms with Crippen molar-refractivity contribution >= 4 is 11.7 Å². The molecular formula is C12H15F3N2O2. The van der Waals surface area contributed by atoms with Gasteiger partial charge in [-0.25, -0.2) is 18.0 Å². The van der Waals surface area contributed by atoms with Crippen LogP contribution in [-0.2, 0) is 0 Å². The van der Waals surface area contributed by atoms with E-state index in [1.807, 2.05) is 12.2 Å². The van der Waals surface area contributed by atoms with Gasteiger partial charge in [-0.05, 0) is 18.6 Å². The van der Waals surface area contributed by atoms with Crippen molar-refractivity contribution in [3.63, 3.8) is 0 Å². The Morgan fingerprint density at radius 2 is 2.00 bits per heavy atom. The second kappa shape index (κ2) is 6.98. The SMILES string of the molecule is CCCC(O)CNC(=O)Nc1ccc(F)c(F)c1F.